The summed E-state index contributed by atoms with van der Waals surface area (Å²) in [6.45, 7) is -1.08. The number of aliphatic hydroxyl groups excluding tert-OH is 2. The number of carboxylic acids is 1. The summed E-state index contributed by atoms with van der Waals surface area (Å²) in [6, 6.07) is -0.334. The highest BCUT2D eigenvalue weighted by Gasteiger charge is 2.45. The molecule has 1 aliphatic rings. The number of aromatic nitrogens is 2. The largest absolute Gasteiger partial charge is 0.480 e. The molecule has 1 aromatic rings. The molecule has 7 N–H and O–H groups in total. The standard InChI is InChI=1S/C13H20N3O11P/c14-6(12(20)21)1-3-15-8(17)2-4-16(13(15)22)11-10(19)9(18)7(27-11)5-26-28(23,24)25/h2,4,6-7,9-11,18-19H,1,3,5,14H2,(H,20,21)(H2,23,24,25)/t6-,7+,9+,10+,11+/m0/s1. The van der Waals surface area contributed by atoms with Crippen LogP contribution in [0.15, 0.2) is 21.9 Å². The van der Waals surface area contributed by atoms with Gasteiger partial charge in [0.25, 0.3) is 5.56 Å². The minimum atomic E-state index is -4.85. The molecule has 14 nitrogen and oxygen atoms in total. The Bertz CT molecular complexity index is 877. The molecule has 0 saturated carbocycles. The number of phosphoric acid groups is 1. The third kappa shape index (κ3) is 5.12. The Morgan fingerprint density at radius 1 is 1.32 bits per heavy atom. The summed E-state index contributed by atoms with van der Waals surface area (Å²) in [4.78, 5) is 52.7. The summed E-state index contributed by atoms with van der Waals surface area (Å²) in [7, 11) is -4.85. The van der Waals surface area contributed by atoms with Crippen LogP contribution in [0.4, 0.5) is 0 Å². The number of ether oxygens (including phenoxy) is 1. The van der Waals surface area contributed by atoms with Gasteiger partial charge in [-0.05, 0) is 6.42 Å². The van der Waals surface area contributed by atoms with Crippen LogP contribution >= 0.6 is 7.82 Å². The van der Waals surface area contributed by atoms with Gasteiger partial charge in [-0.3, -0.25) is 23.2 Å². The molecule has 0 aliphatic carbocycles. The number of carbonyl (C=O) groups is 1. The van der Waals surface area contributed by atoms with Gasteiger partial charge in [0.05, 0.1) is 6.61 Å². The fourth-order valence-electron chi connectivity index (χ4n) is 2.59. The van der Waals surface area contributed by atoms with Gasteiger partial charge < -0.3 is 35.6 Å². The molecule has 1 fully saturated rings. The highest BCUT2D eigenvalue weighted by Crippen LogP contribution is 2.38. The molecule has 158 valence electrons. The number of aliphatic carboxylic acids is 1. The van der Waals surface area contributed by atoms with Crippen LogP contribution in [0.25, 0.3) is 0 Å². The second kappa shape index (κ2) is 8.63. The zero-order valence-electron chi connectivity index (χ0n) is 14.3. The average molecular weight is 425 g/mol. The van der Waals surface area contributed by atoms with E-state index in [1.54, 1.807) is 0 Å². The number of rotatable bonds is 8. The number of carboxylic acid groups (broad SMARTS) is 1. The molecule has 0 spiro atoms. The van der Waals surface area contributed by atoms with E-state index in [-0.39, 0.29) is 13.0 Å². The molecular weight excluding hydrogens is 405 g/mol. The summed E-state index contributed by atoms with van der Waals surface area (Å²) in [5.74, 6) is -1.31. The lowest BCUT2D eigenvalue weighted by Crippen LogP contribution is -2.44. The van der Waals surface area contributed by atoms with Crippen LogP contribution < -0.4 is 17.0 Å². The van der Waals surface area contributed by atoms with E-state index in [0.717, 1.165) is 16.8 Å². The molecule has 28 heavy (non-hydrogen) atoms. The SMILES string of the molecule is N[C@@H](CCn1c(=O)ccn([C@@H]2O[C@H](COP(=O)(O)O)[C@@H](O)[C@H]2O)c1=O)C(=O)O. The Balaban J connectivity index is 2.24. The predicted octanol–water partition coefficient (Wildman–Crippen LogP) is -3.46. The Kier molecular flexibility index (Phi) is 6.90. The van der Waals surface area contributed by atoms with Gasteiger partial charge in [0.2, 0.25) is 0 Å². The van der Waals surface area contributed by atoms with Crippen molar-refractivity contribution >= 4 is 13.8 Å². The molecule has 1 saturated heterocycles. The minimum Gasteiger partial charge on any atom is -0.480 e. The number of phosphoric ester groups is 1. The van der Waals surface area contributed by atoms with E-state index < -0.39 is 62.2 Å². The number of hydrogen-bond acceptors (Lipinski definition) is 9. The van der Waals surface area contributed by atoms with Crippen LogP contribution in [-0.2, 0) is 25.2 Å². The fourth-order valence-corrected chi connectivity index (χ4v) is 2.93. The molecule has 0 radical (unpaired) electrons. The number of hydrogen-bond donors (Lipinski definition) is 6. The van der Waals surface area contributed by atoms with Crippen molar-refractivity contribution in [3.8, 4) is 0 Å². The Labute approximate surface area is 156 Å². The van der Waals surface area contributed by atoms with Crippen LogP contribution in [0.2, 0.25) is 0 Å². The van der Waals surface area contributed by atoms with Crippen LogP contribution in [0.5, 0.6) is 0 Å². The van der Waals surface area contributed by atoms with Gasteiger partial charge in [-0.1, -0.05) is 0 Å². The van der Waals surface area contributed by atoms with Gasteiger partial charge in [0.15, 0.2) is 6.23 Å². The highest BCUT2D eigenvalue weighted by molar-refractivity contribution is 7.46. The third-order valence-electron chi connectivity index (χ3n) is 4.09. The van der Waals surface area contributed by atoms with Crippen molar-refractivity contribution in [1.82, 2.24) is 9.13 Å². The van der Waals surface area contributed by atoms with Crippen molar-refractivity contribution in [2.24, 2.45) is 5.73 Å². The normalized spacial score (nSPS) is 26.3. The molecule has 2 rings (SSSR count). The van der Waals surface area contributed by atoms with E-state index in [1.807, 2.05) is 0 Å². The second-order valence-electron chi connectivity index (χ2n) is 6.06. The van der Waals surface area contributed by atoms with Crippen LogP contribution in [0, 0.1) is 0 Å². The Morgan fingerprint density at radius 2 is 1.96 bits per heavy atom. The van der Waals surface area contributed by atoms with Gasteiger partial charge in [-0.15, -0.1) is 0 Å². The Hall–Kier alpha value is -1.90. The smallest absolute Gasteiger partial charge is 0.469 e. The quantitative estimate of drug-likeness (QED) is 0.224. The summed E-state index contributed by atoms with van der Waals surface area (Å²) >= 11 is 0. The maximum Gasteiger partial charge on any atom is 0.469 e. The summed E-state index contributed by atoms with van der Waals surface area (Å²) in [5.41, 5.74) is 3.65. The molecule has 15 heteroatoms. The summed E-state index contributed by atoms with van der Waals surface area (Å²) < 4.78 is 21.7. The van der Waals surface area contributed by atoms with Crippen molar-refractivity contribution in [2.45, 2.75) is 43.5 Å². The summed E-state index contributed by atoms with van der Waals surface area (Å²) in [6.07, 6.45) is -5.36. The minimum absolute atomic E-state index is 0.218. The van der Waals surface area contributed by atoms with E-state index in [4.69, 9.17) is 25.4 Å². The maximum atomic E-state index is 12.5. The first-order chi connectivity index (χ1) is 12.9. The molecule has 1 aromatic heterocycles. The lowest BCUT2D eigenvalue weighted by Gasteiger charge is -2.19. The highest BCUT2D eigenvalue weighted by atomic mass is 31.2. The second-order valence-corrected chi connectivity index (χ2v) is 7.30. The van der Waals surface area contributed by atoms with Gasteiger partial charge in [-0.2, -0.15) is 0 Å². The Morgan fingerprint density at radius 3 is 2.54 bits per heavy atom. The zero-order chi connectivity index (χ0) is 21.2. The topological polar surface area (TPSA) is 224 Å². The third-order valence-corrected chi connectivity index (χ3v) is 4.58. The molecule has 2 heterocycles. The van der Waals surface area contributed by atoms with Crippen molar-refractivity contribution in [2.75, 3.05) is 6.61 Å². The maximum absolute atomic E-state index is 12.5. The average Bonchev–Trinajstić information content (AvgIpc) is 2.87. The van der Waals surface area contributed by atoms with E-state index in [9.17, 15) is 29.2 Å². The lowest BCUT2D eigenvalue weighted by molar-refractivity contribution is -0.138. The van der Waals surface area contributed by atoms with Crippen LogP contribution in [0.3, 0.4) is 0 Å². The first kappa shape index (κ1) is 22.4. The van der Waals surface area contributed by atoms with Crippen molar-refractivity contribution in [1.29, 1.82) is 0 Å². The molecular formula is C13H20N3O11P. The lowest BCUT2D eigenvalue weighted by atomic mass is 10.1. The van der Waals surface area contributed by atoms with Crippen LogP contribution in [-0.4, -0.2) is 71.2 Å². The molecule has 0 amide bonds. The van der Waals surface area contributed by atoms with E-state index in [2.05, 4.69) is 4.52 Å². The molecule has 0 bridgehead atoms. The van der Waals surface area contributed by atoms with Gasteiger partial charge in [0.1, 0.15) is 24.4 Å². The number of nitrogens with two attached hydrogens (primary N) is 1. The van der Waals surface area contributed by atoms with Gasteiger partial charge >= 0.3 is 19.5 Å². The van der Waals surface area contributed by atoms with E-state index in [0.29, 0.717) is 4.57 Å². The predicted molar refractivity (Wildman–Crippen MR) is 89.1 cm³/mol. The fraction of sp³-hybridized carbons (Fsp3) is 0.615. The van der Waals surface area contributed by atoms with Crippen LogP contribution in [0.1, 0.15) is 12.6 Å². The number of nitrogens with zero attached hydrogens (tertiary/aromatic N) is 2. The molecule has 5 atom stereocenters. The van der Waals surface area contributed by atoms with Gasteiger partial charge in [-0.25, -0.2) is 9.36 Å². The monoisotopic (exact) mass is 425 g/mol. The van der Waals surface area contributed by atoms with E-state index in [1.165, 1.54) is 0 Å². The van der Waals surface area contributed by atoms with E-state index >= 15 is 0 Å². The first-order valence-electron chi connectivity index (χ1n) is 7.94. The molecule has 1 aliphatic heterocycles. The molecule has 0 aromatic carbocycles. The summed E-state index contributed by atoms with van der Waals surface area (Å²) in [5, 5.41) is 28.9. The first-order valence-corrected chi connectivity index (χ1v) is 9.47. The van der Waals surface area contributed by atoms with Crippen molar-refractivity contribution in [3.05, 3.63) is 33.1 Å². The molecule has 0 unspecified atom stereocenters. The number of aliphatic hydroxyl groups is 2. The van der Waals surface area contributed by atoms with Crippen molar-refractivity contribution in [3.63, 3.8) is 0 Å². The zero-order valence-corrected chi connectivity index (χ0v) is 15.2. The van der Waals surface area contributed by atoms with Crippen molar-refractivity contribution < 1.29 is 43.7 Å². The van der Waals surface area contributed by atoms with Gasteiger partial charge in [0, 0.05) is 18.8 Å².